The first-order chi connectivity index (χ1) is 8.33. The molecule has 1 rings (SSSR count). The molecule has 0 amide bonds. The standard InChI is InChI=1S/C11H19N3O3/c1-17-8-5-11-10(9-16)12-13-14(11)6-3-2-4-7-15/h9,15H,2-8H2,1H3. The second kappa shape index (κ2) is 7.92. The molecule has 0 aliphatic heterocycles. The van der Waals surface area contributed by atoms with Crippen LogP contribution in [0.4, 0.5) is 0 Å². The molecular formula is C11H19N3O3. The van der Waals surface area contributed by atoms with Gasteiger partial charge in [-0.3, -0.25) is 4.79 Å². The molecule has 0 atom stereocenters. The van der Waals surface area contributed by atoms with Crippen molar-refractivity contribution >= 4 is 6.29 Å². The summed E-state index contributed by atoms with van der Waals surface area (Å²) in [5.41, 5.74) is 1.22. The van der Waals surface area contributed by atoms with Crippen molar-refractivity contribution in [1.29, 1.82) is 0 Å². The summed E-state index contributed by atoms with van der Waals surface area (Å²) in [6.07, 6.45) is 4.02. The number of unbranched alkanes of at least 4 members (excludes halogenated alkanes) is 2. The number of aliphatic hydroxyl groups excluding tert-OH is 1. The minimum Gasteiger partial charge on any atom is -0.396 e. The number of hydrogen-bond donors (Lipinski definition) is 1. The van der Waals surface area contributed by atoms with Gasteiger partial charge < -0.3 is 9.84 Å². The van der Waals surface area contributed by atoms with Crippen LogP contribution in [0.25, 0.3) is 0 Å². The van der Waals surface area contributed by atoms with E-state index in [0.29, 0.717) is 18.7 Å². The lowest BCUT2D eigenvalue weighted by molar-refractivity contribution is 0.111. The lowest BCUT2D eigenvalue weighted by atomic mass is 10.2. The van der Waals surface area contributed by atoms with E-state index >= 15 is 0 Å². The Morgan fingerprint density at radius 1 is 1.41 bits per heavy atom. The van der Waals surface area contributed by atoms with Crippen molar-refractivity contribution < 1.29 is 14.6 Å². The molecule has 1 heterocycles. The molecule has 0 spiro atoms. The van der Waals surface area contributed by atoms with Gasteiger partial charge in [0.1, 0.15) is 5.69 Å². The van der Waals surface area contributed by atoms with Gasteiger partial charge in [0.25, 0.3) is 0 Å². The van der Waals surface area contributed by atoms with Crippen molar-refractivity contribution in [3.05, 3.63) is 11.4 Å². The van der Waals surface area contributed by atoms with Crippen LogP contribution < -0.4 is 0 Å². The lowest BCUT2D eigenvalue weighted by Gasteiger charge is -2.06. The molecule has 0 fully saturated rings. The van der Waals surface area contributed by atoms with Crippen molar-refractivity contribution in [2.45, 2.75) is 32.2 Å². The Hall–Kier alpha value is -1.27. The van der Waals surface area contributed by atoms with Crippen LogP contribution in [0.1, 0.15) is 35.4 Å². The van der Waals surface area contributed by atoms with Gasteiger partial charge in [0, 0.05) is 26.7 Å². The van der Waals surface area contributed by atoms with Gasteiger partial charge in [0.05, 0.1) is 12.3 Å². The van der Waals surface area contributed by atoms with E-state index in [1.165, 1.54) is 0 Å². The number of ether oxygens (including phenoxy) is 1. The van der Waals surface area contributed by atoms with Crippen molar-refractivity contribution in [2.75, 3.05) is 20.3 Å². The summed E-state index contributed by atoms with van der Waals surface area (Å²) >= 11 is 0. The van der Waals surface area contributed by atoms with Gasteiger partial charge in [0.2, 0.25) is 0 Å². The average molecular weight is 241 g/mol. The molecule has 1 N–H and O–H groups in total. The molecule has 6 heteroatoms. The third-order valence-corrected chi connectivity index (χ3v) is 2.55. The molecular weight excluding hydrogens is 222 g/mol. The van der Waals surface area contributed by atoms with E-state index in [0.717, 1.165) is 37.8 Å². The largest absolute Gasteiger partial charge is 0.396 e. The zero-order chi connectivity index (χ0) is 12.5. The van der Waals surface area contributed by atoms with E-state index in [-0.39, 0.29) is 6.61 Å². The van der Waals surface area contributed by atoms with Crippen LogP contribution in [-0.4, -0.2) is 46.7 Å². The third kappa shape index (κ3) is 4.24. The highest BCUT2D eigenvalue weighted by atomic mass is 16.5. The predicted octanol–water partition coefficient (Wildman–Crippen LogP) is 0.442. The molecule has 0 unspecified atom stereocenters. The number of methoxy groups -OCH3 is 1. The zero-order valence-electron chi connectivity index (χ0n) is 10.1. The molecule has 0 aromatic carbocycles. The second-order valence-corrected chi connectivity index (χ2v) is 3.79. The summed E-state index contributed by atoms with van der Waals surface area (Å²) in [7, 11) is 1.62. The first kappa shape index (κ1) is 13.8. The fourth-order valence-corrected chi connectivity index (χ4v) is 1.62. The SMILES string of the molecule is COCCc1c(C=O)nnn1CCCCCO. The minimum atomic E-state index is 0.216. The monoisotopic (exact) mass is 241 g/mol. The van der Waals surface area contributed by atoms with E-state index in [9.17, 15) is 4.79 Å². The van der Waals surface area contributed by atoms with Crippen LogP contribution in [0.15, 0.2) is 0 Å². The fourth-order valence-electron chi connectivity index (χ4n) is 1.62. The Morgan fingerprint density at radius 2 is 2.24 bits per heavy atom. The van der Waals surface area contributed by atoms with Crippen molar-refractivity contribution in [2.24, 2.45) is 0 Å². The molecule has 17 heavy (non-hydrogen) atoms. The summed E-state index contributed by atoms with van der Waals surface area (Å²) in [5.74, 6) is 0. The fraction of sp³-hybridized carbons (Fsp3) is 0.727. The van der Waals surface area contributed by atoms with E-state index in [4.69, 9.17) is 9.84 Å². The molecule has 0 saturated heterocycles. The van der Waals surface area contributed by atoms with Crippen LogP contribution >= 0.6 is 0 Å². The van der Waals surface area contributed by atoms with Crippen LogP contribution in [0.3, 0.4) is 0 Å². The molecule has 0 aliphatic carbocycles. The first-order valence-electron chi connectivity index (χ1n) is 5.80. The quantitative estimate of drug-likeness (QED) is 0.501. The number of carbonyl (C=O) groups is 1. The Balaban J connectivity index is 2.56. The van der Waals surface area contributed by atoms with Crippen LogP contribution in [0.2, 0.25) is 0 Å². The van der Waals surface area contributed by atoms with Crippen LogP contribution in [-0.2, 0) is 17.7 Å². The van der Waals surface area contributed by atoms with Crippen LogP contribution in [0, 0.1) is 0 Å². The van der Waals surface area contributed by atoms with E-state index in [1.54, 1.807) is 11.8 Å². The summed E-state index contributed by atoms with van der Waals surface area (Å²) in [5, 5.41) is 16.5. The normalized spacial score (nSPS) is 10.7. The van der Waals surface area contributed by atoms with Gasteiger partial charge >= 0.3 is 0 Å². The molecule has 6 nitrogen and oxygen atoms in total. The summed E-state index contributed by atoms with van der Waals surface area (Å²) in [4.78, 5) is 10.8. The molecule has 0 aliphatic rings. The Bertz CT molecular complexity index is 339. The van der Waals surface area contributed by atoms with Crippen molar-refractivity contribution in [3.63, 3.8) is 0 Å². The molecule has 0 bridgehead atoms. The highest BCUT2D eigenvalue weighted by molar-refractivity contribution is 5.73. The van der Waals surface area contributed by atoms with Crippen LogP contribution in [0.5, 0.6) is 0 Å². The topological polar surface area (TPSA) is 77.2 Å². The molecule has 0 radical (unpaired) electrons. The average Bonchev–Trinajstić information content (AvgIpc) is 2.74. The molecule has 96 valence electrons. The van der Waals surface area contributed by atoms with Crippen molar-refractivity contribution in [1.82, 2.24) is 15.0 Å². The Kier molecular flexibility index (Phi) is 6.42. The smallest absolute Gasteiger partial charge is 0.172 e. The Morgan fingerprint density at radius 3 is 2.88 bits per heavy atom. The van der Waals surface area contributed by atoms with Gasteiger partial charge in [-0.1, -0.05) is 5.21 Å². The number of aryl methyl sites for hydroxylation is 1. The molecule has 0 saturated carbocycles. The number of aldehydes is 1. The van der Waals surface area contributed by atoms with Gasteiger partial charge in [-0.05, 0) is 19.3 Å². The van der Waals surface area contributed by atoms with E-state index < -0.39 is 0 Å². The maximum Gasteiger partial charge on any atom is 0.172 e. The van der Waals surface area contributed by atoms with E-state index in [1.807, 2.05) is 0 Å². The van der Waals surface area contributed by atoms with E-state index in [2.05, 4.69) is 10.3 Å². The number of aromatic nitrogens is 3. The second-order valence-electron chi connectivity index (χ2n) is 3.79. The molecule has 1 aromatic heterocycles. The summed E-state index contributed by atoms with van der Waals surface area (Å²) < 4.78 is 6.74. The third-order valence-electron chi connectivity index (χ3n) is 2.55. The zero-order valence-corrected chi connectivity index (χ0v) is 10.1. The number of rotatable bonds is 9. The number of aliphatic hydroxyl groups is 1. The number of nitrogens with zero attached hydrogens (tertiary/aromatic N) is 3. The van der Waals surface area contributed by atoms with Gasteiger partial charge in [0.15, 0.2) is 6.29 Å². The number of carbonyl (C=O) groups excluding carboxylic acids is 1. The highest BCUT2D eigenvalue weighted by Crippen LogP contribution is 2.07. The van der Waals surface area contributed by atoms with Crippen molar-refractivity contribution in [3.8, 4) is 0 Å². The van der Waals surface area contributed by atoms with Gasteiger partial charge in [-0.2, -0.15) is 0 Å². The maximum absolute atomic E-state index is 10.8. The van der Waals surface area contributed by atoms with Gasteiger partial charge in [-0.15, -0.1) is 5.10 Å². The summed E-state index contributed by atoms with van der Waals surface area (Å²) in [6, 6.07) is 0. The Labute approximate surface area is 101 Å². The maximum atomic E-state index is 10.8. The van der Waals surface area contributed by atoms with Gasteiger partial charge in [-0.25, -0.2) is 4.68 Å². The first-order valence-corrected chi connectivity index (χ1v) is 5.80. The lowest BCUT2D eigenvalue weighted by Crippen LogP contribution is -2.09. The minimum absolute atomic E-state index is 0.216. The highest BCUT2D eigenvalue weighted by Gasteiger charge is 2.11. The number of hydrogen-bond acceptors (Lipinski definition) is 5. The predicted molar refractivity (Wildman–Crippen MR) is 61.9 cm³/mol. The molecule has 1 aromatic rings. The summed E-state index contributed by atoms with van der Waals surface area (Å²) in [6.45, 7) is 1.48.